The van der Waals surface area contributed by atoms with Crippen LogP contribution in [0.5, 0.6) is 0 Å². The largest absolute Gasteiger partial charge is 0.390 e. The van der Waals surface area contributed by atoms with Gasteiger partial charge in [-0.2, -0.15) is 0 Å². The van der Waals surface area contributed by atoms with Crippen molar-refractivity contribution in [3.05, 3.63) is 35.5 Å². The predicted octanol–water partition coefficient (Wildman–Crippen LogP) is 8.11. The number of halogens is 1. The van der Waals surface area contributed by atoms with E-state index in [9.17, 15) is 5.11 Å². The topological polar surface area (TPSA) is 29.5 Å². The molecule has 0 aromatic heterocycles. The van der Waals surface area contributed by atoms with Crippen molar-refractivity contribution < 1.29 is 9.84 Å². The summed E-state index contributed by atoms with van der Waals surface area (Å²) in [6.07, 6.45) is 18.3. The molecule has 0 aromatic carbocycles. The number of alkyl halides is 1. The van der Waals surface area contributed by atoms with Crippen molar-refractivity contribution in [2.45, 2.75) is 110 Å². The van der Waals surface area contributed by atoms with Crippen LogP contribution in [0.2, 0.25) is 0 Å². The maximum atomic E-state index is 10.1. The molecule has 176 valence electrons. The summed E-state index contributed by atoms with van der Waals surface area (Å²) < 4.78 is 5.83. The van der Waals surface area contributed by atoms with Crippen molar-refractivity contribution in [2.24, 2.45) is 23.2 Å². The molecule has 2 nitrogen and oxygen atoms in total. The first-order valence-electron chi connectivity index (χ1n) is 12.6. The molecule has 3 aliphatic carbocycles. The molecule has 3 aliphatic rings. The Bertz CT molecular complexity index is 686. The van der Waals surface area contributed by atoms with Gasteiger partial charge in [0.15, 0.2) is 0 Å². The van der Waals surface area contributed by atoms with Gasteiger partial charge in [-0.1, -0.05) is 72.5 Å². The number of allylic oxidation sites excluding steroid dienone is 4. The molecule has 0 aliphatic heterocycles. The van der Waals surface area contributed by atoms with E-state index in [4.69, 9.17) is 4.74 Å². The van der Waals surface area contributed by atoms with Crippen molar-refractivity contribution in [2.75, 3.05) is 5.52 Å². The van der Waals surface area contributed by atoms with E-state index in [0.29, 0.717) is 17.0 Å². The number of ether oxygens (including phenoxy) is 1. The molecular formula is C28H45BrO2. The van der Waals surface area contributed by atoms with Crippen LogP contribution in [0.4, 0.5) is 0 Å². The standard InChI is InChI=1S/C28H45BrO2/c1-20-10-13-24(31-19-29)18-23(20)12-11-22-9-7-17-28(5)25(14-15-26(22)28)21(2)8-6-16-27(3,4)30/h11-12,21,24-26,30H,1,6-10,13-19H2,2-5H3/t21-,24+,25-,26?,28-/m1/s1. The molecule has 3 saturated carbocycles. The molecule has 0 heterocycles. The zero-order valence-corrected chi connectivity index (χ0v) is 22.0. The fourth-order valence-corrected chi connectivity index (χ4v) is 7.26. The Morgan fingerprint density at radius 1 is 1.26 bits per heavy atom. The highest BCUT2D eigenvalue weighted by molar-refractivity contribution is 9.09. The monoisotopic (exact) mass is 492 g/mol. The summed E-state index contributed by atoms with van der Waals surface area (Å²) >= 11 is 3.41. The third-order valence-electron chi connectivity index (χ3n) is 8.64. The number of fused-ring (bicyclic) bond motifs is 1. The second-order valence-corrected chi connectivity index (χ2v) is 11.9. The molecule has 0 aromatic rings. The third kappa shape index (κ3) is 6.36. The van der Waals surface area contributed by atoms with Crippen LogP contribution in [0.15, 0.2) is 35.5 Å². The van der Waals surface area contributed by atoms with Gasteiger partial charge in [-0.3, -0.25) is 0 Å². The summed E-state index contributed by atoms with van der Waals surface area (Å²) in [7, 11) is 0. The van der Waals surface area contributed by atoms with Crippen LogP contribution in [0, 0.1) is 23.2 Å². The molecule has 3 fully saturated rings. The van der Waals surface area contributed by atoms with E-state index < -0.39 is 5.60 Å². The molecule has 3 rings (SSSR count). The van der Waals surface area contributed by atoms with E-state index in [-0.39, 0.29) is 0 Å². The number of aliphatic hydroxyl groups is 1. The molecule has 3 heteroatoms. The molecule has 1 unspecified atom stereocenters. The first-order valence-corrected chi connectivity index (χ1v) is 13.7. The maximum Gasteiger partial charge on any atom is 0.102 e. The molecule has 0 radical (unpaired) electrons. The fourth-order valence-electron chi connectivity index (χ4n) is 6.88. The second kappa shape index (κ2) is 10.7. The molecular weight excluding hydrogens is 448 g/mol. The van der Waals surface area contributed by atoms with Gasteiger partial charge < -0.3 is 9.84 Å². The van der Waals surface area contributed by atoms with Crippen molar-refractivity contribution >= 4 is 15.9 Å². The highest BCUT2D eigenvalue weighted by Crippen LogP contribution is 2.60. The summed E-state index contributed by atoms with van der Waals surface area (Å²) in [6.45, 7) is 13.3. The molecule has 0 spiro atoms. The minimum absolute atomic E-state index is 0.326. The van der Waals surface area contributed by atoms with Crippen LogP contribution in [-0.2, 0) is 4.74 Å². The maximum absolute atomic E-state index is 10.1. The summed E-state index contributed by atoms with van der Waals surface area (Å²) in [6, 6.07) is 0. The number of hydrogen-bond donors (Lipinski definition) is 1. The van der Waals surface area contributed by atoms with E-state index in [2.05, 4.69) is 48.5 Å². The molecule has 31 heavy (non-hydrogen) atoms. The minimum atomic E-state index is -0.530. The lowest BCUT2D eigenvalue weighted by atomic mass is 9.60. The predicted molar refractivity (Wildman–Crippen MR) is 135 cm³/mol. The SMILES string of the molecule is C=C1CC[C@H](OCBr)CC1=CC=C1CCC[C@@]2(C)C1CC[C@@H]2[C@H](C)CCCC(C)(C)O. The van der Waals surface area contributed by atoms with E-state index in [1.165, 1.54) is 49.7 Å². The number of hydrogen-bond acceptors (Lipinski definition) is 2. The van der Waals surface area contributed by atoms with Gasteiger partial charge in [-0.05, 0) is 100 Å². The van der Waals surface area contributed by atoms with E-state index in [1.807, 2.05) is 13.8 Å². The summed E-state index contributed by atoms with van der Waals surface area (Å²) in [5.41, 5.74) is 4.92. The van der Waals surface area contributed by atoms with Crippen LogP contribution in [0.3, 0.4) is 0 Å². The number of rotatable bonds is 8. The van der Waals surface area contributed by atoms with Gasteiger partial charge in [0.05, 0.1) is 11.7 Å². The Hall–Kier alpha value is -0.380. The average Bonchev–Trinajstić information content (AvgIpc) is 3.05. The lowest BCUT2D eigenvalue weighted by molar-refractivity contribution is 0.0596. The van der Waals surface area contributed by atoms with Gasteiger partial charge in [0.2, 0.25) is 0 Å². The summed E-state index contributed by atoms with van der Waals surface area (Å²) in [5.74, 6) is 2.30. The molecule has 0 amide bonds. The van der Waals surface area contributed by atoms with Gasteiger partial charge >= 0.3 is 0 Å². The second-order valence-electron chi connectivity index (χ2n) is 11.5. The summed E-state index contributed by atoms with van der Waals surface area (Å²) in [5, 5.41) is 10.1. The first-order chi connectivity index (χ1) is 14.6. The molecule has 1 N–H and O–H groups in total. The van der Waals surface area contributed by atoms with Gasteiger partial charge in [-0.25, -0.2) is 0 Å². The Labute approximate surface area is 199 Å². The summed E-state index contributed by atoms with van der Waals surface area (Å²) in [4.78, 5) is 0. The highest BCUT2D eigenvalue weighted by atomic mass is 79.9. The van der Waals surface area contributed by atoms with Crippen LogP contribution in [-0.4, -0.2) is 22.3 Å². The lowest BCUT2D eigenvalue weighted by Crippen LogP contribution is -2.36. The van der Waals surface area contributed by atoms with Crippen molar-refractivity contribution in [3.63, 3.8) is 0 Å². The zero-order valence-electron chi connectivity index (χ0n) is 20.4. The van der Waals surface area contributed by atoms with Crippen LogP contribution in [0.1, 0.15) is 98.3 Å². The molecule has 0 saturated heterocycles. The van der Waals surface area contributed by atoms with Crippen LogP contribution >= 0.6 is 15.9 Å². The fraction of sp³-hybridized carbons (Fsp3) is 0.786. The van der Waals surface area contributed by atoms with E-state index in [1.54, 1.807) is 5.57 Å². The van der Waals surface area contributed by atoms with Gasteiger partial charge in [0.25, 0.3) is 0 Å². The van der Waals surface area contributed by atoms with E-state index >= 15 is 0 Å². The zero-order chi connectivity index (χ0) is 22.6. The van der Waals surface area contributed by atoms with Gasteiger partial charge in [0.1, 0.15) is 5.52 Å². The third-order valence-corrected chi connectivity index (χ3v) is 8.90. The molecule has 5 atom stereocenters. The normalized spacial score (nSPS) is 35.5. The van der Waals surface area contributed by atoms with E-state index in [0.717, 1.165) is 49.9 Å². The quantitative estimate of drug-likeness (QED) is 0.346. The van der Waals surface area contributed by atoms with Crippen molar-refractivity contribution in [3.8, 4) is 0 Å². The van der Waals surface area contributed by atoms with Gasteiger partial charge in [0, 0.05) is 0 Å². The average molecular weight is 494 g/mol. The smallest absolute Gasteiger partial charge is 0.102 e. The lowest BCUT2D eigenvalue weighted by Gasteiger charge is -2.44. The highest BCUT2D eigenvalue weighted by Gasteiger charge is 2.50. The minimum Gasteiger partial charge on any atom is -0.390 e. The van der Waals surface area contributed by atoms with Gasteiger partial charge in [-0.15, -0.1) is 0 Å². The Kier molecular flexibility index (Phi) is 8.71. The van der Waals surface area contributed by atoms with Crippen LogP contribution < -0.4 is 0 Å². The van der Waals surface area contributed by atoms with Crippen molar-refractivity contribution in [1.29, 1.82) is 0 Å². The first kappa shape index (κ1) is 25.2. The Balaban J connectivity index is 1.68. The van der Waals surface area contributed by atoms with Crippen LogP contribution in [0.25, 0.3) is 0 Å². The Morgan fingerprint density at radius 3 is 2.74 bits per heavy atom. The molecule has 0 bridgehead atoms. The Morgan fingerprint density at radius 2 is 2.03 bits per heavy atom. The van der Waals surface area contributed by atoms with Crippen molar-refractivity contribution in [1.82, 2.24) is 0 Å².